The summed E-state index contributed by atoms with van der Waals surface area (Å²) in [5, 5.41) is 13.7. The average Bonchev–Trinajstić information content (AvgIpc) is 2.55. The lowest BCUT2D eigenvalue weighted by Gasteiger charge is -2.08. The molecular formula is C17H18N2O2. The van der Waals surface area contributed by atoms with E-state index in [0.717, 1.165) is 12.0 Å². The number of aryl methyl sites for hydroxylation is 1. The van der Waals surface area contributed by atoms with Crippen LogP contribution in [0.5, 0.6) is 0 Å². The summed E-state index contributed by atoms with van der Waals surface area (Å²) < 4.78 is 0. The van der Waals surface area contributed by atoms with E-state index in [1.54, 1.807) is 30.5 Å². The number of rotatable bonds is 5. The van der Waals surface area contributed by atoms with E-state index < -0.39 is 12.0 Å². The molecule has 21 heavy (non-hydrogen) atoms. The molecule has 0 aliphatic rings. The number of hydrogen-bond acceptors (Lipinski definition) is 3. The standard InChI is InChI=1S/C17H18N2O2/c1-2-13-8-10-14(11-9-13)12-18-19-17(21)16(20)15-6-4-3-5-7-15/h3-12,16,20H,2H2,1H3,(H,19,21)/t16-/m1/s1. The third kappa shape index (κ3) is 4.26. The molecule has 0 radical (unpaired) electrons. The molecule has 1 atom stereocenters. The highest BCUT2D eigenvalue weighted by atomic mass is 16.3. The largest absolute Gasteiger partial charge is 0.378 e. The van der Waals surface area contributed by atoms with Crippen molar-refractivity contribution in [1.82, 2.24) is 5.43 Å². The fourth-order valence-electron chi connectivity index (χ4n) is 1.86. The van der Waals surface area contributed by atoms with Crippen LogP contribution < -0.4 is 5.43 Å². The number of nitrogens with zero attached hydrogens (tertiary/aromatic N) is 1. The number of carbonyl (C=O) groups is 1. The third-order valence-electron chi connectivity index (χ3n) is 3.14. The number of amides is 1. The summed E-state index contributed by atoms with van der Waals surface area (Å²) in [6.45, 7) is 2.09. The molecule has 0 saturated carbocycles. The number of nitrogens with one attached hydrogen (secondary N) is 1. The minimum atomic E-state index is -1.22. The molecule has 2 aromatic rings. The Hall–Kier alpha value is -2.46. The van der Waals surface area contributed by atoms with Gasteiger partial charge in [0.05, 0.1) is 6.21 Å². The number of hydrogen-bond donors (Lipinski definition) is 2. The molecule has 0 aliphatic heterocycles. The molecular weight excluding hydrogens is 264 g/mol. The van der Waals surface area contributed by atoms with Crippen molar-refractivity contribution in [2.24, 2.45) is 5.10 Å². The summed E-state index contributed by atoms with van der Waals surface area (Å²) in [5.41, 5.74) is 5.01. The van der Waals surface area contributed by atoms with Gasteiger partial charge in [0, 0.05) is 0 Å². The first-order chi connectivity index (χ1) is 10.2. The molecule has 1 amide bonds. The van der Waals surface area contributed by atoms with Gasteiger partial charge in [-0.15, -0.1) is 0 Å². The molecule has 2 rings (SSSR count). The molecule has 108 valence electrons. The normalized spacial score (nSPS) is 12.3. The Morgan fingerprint density at radius 2 is 1.86 bits per heavy atom. The van der Waals surface area contributed by atoms with Gasteiger partial charge in [0.1, 0.15) is 0 Å². The molecule has 0 aliphatic carbocycles. The Morgan fingerprint density at radius 3 is 2.48 bits per heavy atom. The van der Waals surface area contributed by atoms with Crippen LogP contribution in [-0.4, -0.2) is 17.2 Å². The second kappa shape index (κ2) is 7.36. The van der Waals surface area contributed by atoms with Crippen LogP contribution in [-0.2, 0) is 11.2 Å². The highest BCUT2D eigenvalue weighted by Gasteiger charge is 2.15. The second-order valence-electron chi connectivity index (χ2n) is 4.64. The summed E-state index contributed by atoms with van der Waals surface area (Å²) in [7, 11) is 0. The fraction of sp³-hybridized carbons (Fsp3) is 0.176. The summed E-state index contributed by atoms with van der Waals surface area (Å²) in [6, 6.07) is 16.6. The molecule has 0 unspecified atom stereocenters. The van der Waals surface area contributed by atoms with E-state index in [9.17, 15) is 9.90 Å². The van der Waals surface area contributed by atoms with Crippen LogP contribution in [0, 0.1) is 0 Å². The van der Waals surface area contributed by atoms with E-state index in [4.69, 9.17) is 0 Å². The van der Waals surface area contributed by atoms with Gasteiger partial charge in [0.2, 0.25) is 0 Å². The Bertz CT molecular complexity index is 606. The lowest BCUT2D eigenvalue weighted by Crippen LogP contribution is -2.25. The summed E-state index contributed by atoms with van der Waals surface area (Å²) in [5.74, 6) is -0.553. The van der Waals surface area contributed by atoms with Crippen molar-refractivity contribution in [3.63, 3.8) is 0 Å². The predicted octanol–water partition coefficient (Wildman–Crippen LogP) is 2.43. The van der Waals surface area contributed by atoms with Crippen LogP contribution in [0.25, 0.3) is 0 Å². The topological polar surface area (TPSA) is 61.7 Å². The van der Waals surface area contributed by atoms with Crippen molar-refractivity contribution < 1.29 is 9.90 Å². The zero-order valence-electron chi connectivity index (χ0n) is 11.9. The average molecular weight is 282 g/mol. The lowest BCUT2D eigenvalue weighted by molar-refractivity contribution is -0.129. The Labute approximate surface area is 124 Å². The molecule has 2 aromatic carbocycles. The van der Waals surface area contributed by atoms with Crippen LogP contribution >= 0.6 is 0 Å². The SMILES string of the molecule is CCc1ccc(C=NNC(=O)[C@H](O)c2ccccc2)cc1. The van der Waals surface area contributed by atoms with E-state index in [1.165, 1.54) is 5.56 Å². The molecule has 0 spiro atoms. The third-order valence-corrected chi connectivity index (χ3v) is 3.14. The first-order valence-electron chi connectivity index (χ1n) is 6.85. The van der Waals surface area contributed by atoms with E-state index in [2.05, 4.69) is 17.5 Å². The smallest absolute Gasteiger partial charge is 0.273 e. The van der Waals surface area contributed by atoms with Crippen LogP contribution in [0.2, 0.25) is 0 Å². The minimum absolute atomic E-state index is 0.539. The van der Waals surface area contributed by atoms with Gasteiger partial charge in [-0.2, -0.15) is 5.10 Å². The maximum atomic E-state index is 11.8. The fourth-order valence-corrected chi connectivity index (χ4v) is 1.86. The molecule has 0 heterocycles. The van der Waals surface area contributed by atoms with Crippen LogP contribution in [0.15, 0.2) is 59.7 Å². The first-order valence-corrected chi connectivity index (χ1v) is 6.85. The second-order valence-corrected chi connectivity index (χ2v) is 4.64. The monoisotopic (exact) mass is 282 g/mol. The van der Waals surface area contributed by atoms with Crippen molar-refractivity contribution in [3.05, 3.63) is 71.3 Å². The van der Waals surface area contributed by atoms with Crippen molar-refractivity contribution in [3.8, 4) is 0 Å². The summed E-state index contributed by atoms with van der Waals surface area (Å²) in [6.07, 6.45) is 1.32. The van der Waals surface area contributed by atoms with E-state index >= 15 is 0 Å². The Morgan fingerprint density at radius 1 is 1.19 bits per heavy atom. The zero-order valence-corrected chi connectivity index (χ0v) is 11.9. The quantitative estimate of drug-likeness (QED) is 0.653. The van der Waals surface area contributed by atoms with E-state index in [-0.39, 0.29) is 0 Å². The van der Waals surface area contributed by atoms with Crippen molar-refractivity contribution >= 4 is 12.1 Å². The number of aliphatic hydroxyl groups is 1. The molecule has 0 fully saturated rings. The molecule has 4 heteroatoms. The first kappa shape index (κ1) is 14.9. The van der Waals surface area contributed by atoms with Gasteiger partial charge < -0.3 is 5.11 Å². The maximum Gasteiger partial charge on any atom is 0.273 e. The van der Waals surface area contributed by atoms with Gasteiger partial charge in [-0.05, 0) is 23.1 Å². The number of aliphatic hydroxyl groups excluding tert-OH is 1. The van der Waals surface area contributed by atoms with E-state index in [0.29, 0.717) is 5.56 Å². The summed E-state index contributed by atoms with van der Waals surface area (Å²) in [4.78, 5) is 11.8. The summed E-state index contributed by atoms with van der Waals surface area (Å²) >= 11 is 0. The lowest BCUT2D eigenvalue weighted by atomic mass is 10.1. The Kier molecular flexibility index (Phi) is 5.23. The molecule has 4 nitrogen and oxygen atoms in total. The van der Waals surface area contributed by atoms with Gasteiger partial charge in [0.25, 0.3) is 5.91 Å². The number of carbonyl (C=O) groups excluding carboxylic acids is 1. The molecule has 0 bridgehead atoms. The van der Waals surface area contributed by atoms with Crippen LogP contribution in [0.3, 0.4) is 0 Å². The minimum Gasteiger partial charge on any atom is -0.378 e. The van der Waals surface area contributed by atoms with Crippen molar-refractivity contribution in [1.29, 1.82) is 0 Å². The number of hydrazone groups is 1. The van der Waals surface area contributed by atoms with Gasteiger partial charge in [0.15, 0.2) is 6.10 Å². The van der Waals surface area contributed by atoms with Gasteiger partial charge >= 0.3 is 0 Å². The zero-order chi connectivity index (χ0) is 15.1. The predicted molar refractivity (Wildman–Crippen MR) is 83.0 cm³/mol. The Balaban J connectivity index is 1.92. The van der Waals surface area contributed by atoms with Crippen molar-refractivity contribution in [2.45, 2.75) is 19.4 Å². The maximum absolute atomic E-state index is 11.8. The van der Waals surface area contributed by atoms with Gasteiger partial charge in [-0.1, -0.05) is 61.5 Å². The highest BCUT2D eigenvalue weighted by molar-refractivity contribution is 5.84. The molecule has 0 saturated heterocycles. The molecule has 2 N–H and O–H groups in total. The van der Waals surface area contributed by atoms with Crippen LogP contribution in [0.4, 0.5) is 0 Å². The van der Waals surface area contributed by atoms with Gasteiger partial charge in [-0.3, -0.25) is 4.79 Å². The molecule has 0 aromatic heterocycles. The van der Waals surface area contributed by atoms with Crippen LogP contribution in [0.1, 0.15) is 29.7 Å². The highest BCUT2D eigenvalue weighted by Crippen LogP contribution is 2.11. The number of benzene rings is 2. The van der Waals surface area contributed by atoms with E-state index in [1.807, 2.05) is 30.3 Å². The van der Waals surface area contributed by atoms with Crippen molar-refractivity contribution in [2.75, 3.05) is 0 Å². The van der Waals surface area contributed by atoms with Gasteiger partial charge in [-0.25, -0.2) is 5.43 Å².